The number of nitrogens with zero attached hydrogens (tertiary/aromatic N) is 4. The van der Waals surface area contributed by atoms with Gasteiger partial charge in [0.15, 0.2) is 5.82 Å². The van der Waals surface area contributed by atoms with Gasteiger partial charge in [-0.15, -0.1) is 0 Å². The van der Waals surface area contributed by atoms with Crippen molar-refractivity contribution in [1.82, 2.24) is 9.97 Å². The van der Waals surface area contributed by atoms with Crippen LogP contribution >= 0.6 is 0 Å². The lowest BCUT2D eigenvalue weighted by molar-refractivity contribution is -0.116. The second-order valence-corrected chi connectivity index (χ2v) is 3.86. The van der Waals surface area contributed by atoms with E-state index in [9.17, 15) is 4.79 Å². The van der Waals surface area contributed by atoms with Crippen LogP contribution in [0.5, 0.6) is 0 Å². The number of rotatable bonds is 2. The maximum Gasteiger partial charge on any atom is 0.254 e. The molecule has 3 rings (SSSR count). The van der Waals surface area contributed by atoms with Gasteiger partial charge in [-0.05, 0) is 24.3 Å². The standard InChI is InChI=1S/C13H10N4O/c18-13-8-11(10-4-3-6-14-9-10)16-17(13)12-5-1-2-7-15-12/h1-7,9H,8H2. The van der Waals surface area contributed by atoms with Gasteiger partial charge in [-0.25, -0.2) is 4.98 Å². The van der Waals surface area contributed by atoms with Gasteiger partial charge in [0.05, 0.1) is 12.1 Å². The number of amides is 1. The summed E-state index contributed by atoms with van der Waals surface area (Å²) < 4.78 is 0. The molecule has 18 heavy (non-hydrogen) atoms. The number of carbonyl (C=O) groups is 1. The summed E-state index contributed by atoms with van der Waals surface area (Å²) >= 11 is 0. The molecule has 88 valence electrons. The molecule has 0 spiro atoms. The van der Waals surface area contributed by atoms with Crippen molar-refractivity contribution in [2.45, 2.75) is 6.42 Å². The molecule has 2 aromatic heterocycles. The third kappa shape index (κ3) is 1.86. The van der Waals surface area contributed by atoms with Gasteiger partial charge in [-0.3, -0.25) is 9.78 Å². The fourth-order valence-corrected chi connectivity index (χ4v) is 1.78. The largest absolute Gasteiger partial charge is 0.272 e. The fourth-order valence-electron chi connectivity index (χ4n) is 1.78. The Morgan fingerprint density at radius 2 is 2.06 bits per heavy atom. The Bertz CT molecular complexity index is 595. The molecule has 0 unspecified atom stereocenters. The first-order valence-electron chi connectivity index (χ1n) is 5.56. The van der Waals surface area contributed by atoms with Gasteiger partial charge in [-0.1, -0.05) is 6.07 Å². The number of carbonyl (C=O) groups excluding carboxylic acids is 1. The Kier molecular flexibility index (Phi) is 2.57. The summed E-state index contributed by atoms with van der Waals surface area (Å²) in [5, 5.41) is 5.64. The van der Waals surface area contributed by atoms with Crippen molar-refractivity contribution < 1.29 is 4.79 Å². The van der Waals surface area contributed by atoms with E-state index in [1.54, 1.807) is 30.7 Å². The summed E-state index contributed by atoms with van der Waals surface area (Å²) in [5.41, 5.74) is 1.59. The predicted molar refractivity (Wildman–Crippen MR) is 67.1 cm³/mol. The Morgan fingerprint density at radius 1 is 1.11 bits per heavy atom. The van der Waals surface area contributed by atoms with Crippen molar-refractivity contribution in [3.63, 3.8) is 0 Å². The van der Waals surface area contributed by atoms with Gasteiger partial charge in [0.1, 0.15) is 0 Å². The lowest BCUT2D eigenvalue weighted by Gasteiger charge is -2.08. The summed E-state index contributed by atoms with van der Waals surface area (Å²) in [4.78, 5) is 20.1. The Hall–Kier alpha value is -2.56. The second kappa shape index (κ2) is 4.37. The third-order valence-electron chi connectivity index (χ3n) is 2.64. The van der Waals surface area contributed by atoms with Crippen LogP contribution in [0, 0.1) is 0 Å². The van der Waals surface area contributed by atoms with E-state index in [1.807, 2.05) is 18.2 Å². The van der Waals surface area contributed by atoms with Crippen LogP contribution < -0.4 is 5.01 Å². The Balaban J connectivity index is 1.95. The number of pyridine rings is 2. The molecule has 0 saturated carbocycles. The number of hydrogen-bond donors (Lipinski definition) is 0. The van der Waals surface area contributed by atoms with Crippen molar-refractivity contribution >= 4 is 17.4 Å². The zero-order valence-electron chi connectivity index (χ0n) is 9.52. The summed E-state index contributed by atoms with van der Waals surface area (Å²) in [6, 6.07) is 9.10. The molecule has 1 aliphatic rings. The Morgan fingerprint density at radius 3 is 2.78 bits per heavy atom. The molecule has 0 fully saturated rings. The highest BCUT2D eigenvalue weighted by Gasteiger charge is 2.26. The summed E-state index contributed by atoms with van der Waals surface area (Å²) in [5.74, 6) is 0.467. The summed E-state index contributed by atoms with van der Waals surface area (Å²) in [6.45, 7) is 0. The van der Waals surface area contributed by atoms with E-state index in [4.69, 9.17) is 0 Å². The summed E-state index contributed by atoms with van der Waals surface area (Å²) in [7, 11) is 0. The SMILES string of the molecule is O=C1CC(c2cccnc2)=NN1c1ccccn1. The second-order valence-electron chi connectivity index (χ2n) is 3.86. The highest BCUT2D eigenvalue weighted by molar-refractivity contribution is 6.18. The zero-order chi connectivity index (χ0) is 12.4. The van der Waals surface area contributed by atoms with Gasteiger partial charge in [0, 0.05) is 24.2 Å². The average Bonchev–Trinajstić information content (AvgIpc) is 2.83. The van der Waals surface area contributed by atoms with Gasteiger partial charge >= 0.3 is 0 Å². The minimum absolute atomic E-state index is 0.0763. The van der Waals surface area contributed by atoms with E-state index >= 15 is 0 Å². The normalized spacial score (nSPS) is 14.8. The average molecular weight is 238 g/mol. The lowest BCUT2D eigenvalue weighted by atomic mass is 10.1. The van der Waals surface area contributed by atoms with Crippen LogP contribution in [-0.2, 0) is 4.79 Å². The van der Waals surface area contributed by atoms with Crippen molar-refractivity contribution in [1.29, 1.82) is 0 Å². The maximum atomic E-state index is 11.9. The molecule has 1 aliphatic heterocycles. The first kappa shape index (κ1) is 10.6. The van der Waals surface area contributed by atoms with Crippen molar-refractivity contribution in [2.75, 3.05) is 5.01 Å². The van der Waals surface area contributed by atoms with Crippen LogP contribution in [0.1, 0.15) is 12.0 Å². The molecule has 5 nitrogen and oxygen atoms in total. The molecule has 2 aromatic rings. The van der Waals surface area contributed by atoms with Crippen LogP contribution in [0.3, 0.4) is 0 Å². The number of hydrogen-bond acceptors (Lipinski definition) is 4. The molecule has 0 atom stereocenters. The number of anilines is 1. The quantitative estimate of drug-likeness (QED) is 0.798. The molecule has 0 radical (unpaired) electrons. The first-order chi connectivity index (χ1) is 8.84. The van der Waals surface area contributed by atoms with Crippen LogP contribution in [0.15, 0.2) is 54.0 Å². The molecular weight excluding hydrogens is 228 g/mol. The van der Waals surface area contributed by atoms with E-state index in [2.05, 4.69) is 15.1 Å². The highest BCUT2D eigenvalue weighted by atomic mass is 16.2. The predicted octanol–water partition coefficient (Wildman–Crippen LogP) is 1.62. The minimum Gasteiger partial charge on any atom is -0.272 e. The first-order valence-corrected chi connectivity index (χ1v) is 5.56. The molecule has 0 saturated heterocycles. The van der Waals surface area contributed by atoms with Crippen molar-refractivity contribution in [2.24, 2.45) is 5.10 Å². The molecule has 0 N–H and O–H groups in total. The van der Waals surface area contributed by atoms with Gasteiger partial charge < -0.3 is 0 Å². The number of hydrazone groups is 1. The van der Waals surface area contributed by atoms with E-state index in [-0.39, 0.29) is 12.3 Å². The van der Waals surface area contributed by atoms with Gasteiger partial charge in [-0.2, -0.15) is 10.1 Å². The van der Waals surface area contributed by atoms with Gasteiger partial charge in [0.2, 0.25) is 0 Å². The molecular formula is C13H10N4O. The third-order valence-corrected chi connectivity index (χ3v) is 2.64. The molecule has 1 amide bonds. The number of aromatic nitrogens is 2. The van der Waals surface area contributed by atoms with Crippen LogP contribution in [0.2, 0.25) is 0 Å². The molecule has 3 heterocycles. The molecule has 0 aliphatic carbocycles. The van der Waals surface area contributed by atoms with Crippen molar-refractivity contribution in [3.05, 3.63) is 54.5 Å². The smallest absolute Gasteiger partial charge is 0.254 e. The van der Waals surface area contributed by atoms with Crippen molar-refractivity contribution in [3.8, 4) is 0 Å². The van der Waals surface area contributed by atoms with E-state index in [0.29, 0.717) is 5.82 Å². The van der Waals surface area contributed by atoms with E-state index in [1.165, 1.54) is 5.01 Å². The molecule has 0 bridgehead atoms. The minimum atomic E-state index is -0.0763. The zero-order valence-corrected chi connectivity index (χ0v) is 9.52. The fraction of sp³-hybridized carbons (Fsp3) is 0.0769. The molecule has 0 aromatic carbocycles. The van der Waals surface area contributed by atoms with Gasteiger partial charge in [0.25, 0.3) is 5.91 Å². The lowest BCUT2D eigenvalue weighted by Crippen LogP contribution is -2.20. The van der Waals surface area contributed by atoms with Crippen LogP contribution in [0.25, 0.3) is 0 Å². The summed E-state index contributed by atoms with van der Waals surface area (Å²) in [6.07, 6.45) is 5.31. The van der Waals surface area contributed by atoms with Crippen LogP contribution in [0.4, 0.5) is 5.82 Å². The highest BCUT2D eigenvalue weighted by Crippen LogP contribution is 2.19. The maximum absolute atomic E-state index is 11.9. The van der Waals surface area contributed by atoms with Crippen LogP contribution in [-0.4, -0.2) is 21.6 Å². The molecule has 5 heteroatoms. The van der Waals surface area contributed by atoms with E-state index in [0.717, 1.165) is 11.3 Å². The van der Waals surface area contributed by atoms with E-state index < -0.39 is 0 Å². The monoisotopic (exact) mass is 238 g/mol. The Labute approximate surface area is 104 Å². The topological polar surface area (TPSA) is 58.5 Å².